The minimum Gasteiger partial charge on any atom is -0.477 e. The van der Waals surface area contributed by atoms with E-state index in [1.165, 1.54) is 0 Å². The second kappa shape index (κ2) is 20.5. The van der Waals surface area contributed by atoms with Gasteiger partial charge in [0.25, 0.3) is 0 Å². The normalized spacial score (nSPS) is 48.5. The first-order valence-electron chi connectivity index (χ1n) is 27.5. The molecule has 8 rings (SSSR count). The summed E-state index contributed by atoms with van der Waals surface area (Å²) in [6, 6.07) is 0. The van der Waals surface area contributed by atoms with Crippen LogP contribution in [-0.2, 0) is 23.8 Å². The van der Waals surface area contributed by atoms with E-state index in [0.29, 0.717) is 54.8 Å². The third kappa shape index (κ3) is 9.13. The Hall–Kier alpha value is -1.58. The summed E-state index contributed by atoms with van der Waals surface area (Å²) < 4.78 is 73.9. The van der Waals surface area contributed by atoms with Gasteiger partial charge in [0.2, 0.25) is 0 Å². The van der Waals surface area contributed by atoms with Gasteiger partial charge in [0, 0.05) is 20.0 Å². The smallest absolute Gasteiger partial charge is 0.376 e. The van der Waals surface area contributed by atoms with Crippen molar-refractivity contribution in [1.29, 1.82) is 0 Å². The summed E-state index contributed by atoms with van der Waals surface area (Å²) in [7, 11) is 2.69. The number of rotatable bonds is 13. The van der Waals surface area contributed by atoms with Gasteiger partial charge < -0.3 is 39.7 Å². The molecule has 14 heteroatoms. The summed E-state index contributed by atoms with van der Waals surface area (Å²) >= 11 is 0. The molecule has 0 saturated heterocycles. The lowest BCUT2D eigenvalue weighted by Gasteiger charge is -2.66. The van der Waals surface area contributed by atoms with E-state index in [-0.39, 0.29) is 88.7 Å². The standard InChI is InChI=1S/C30H50F2O5.C26H42F2O5/c1-8-20-23-14-19(33)11-12-28(23,4)24-13-18(3)29(5)21(17(2)15-30(31,32)27(34)36-7)9-10-22(29)25(24)26(20)37-16-35-6;1-5-15-18-10-14(29)8-9-24(18,3)19-11-20(30)25(4)16(6-7-17(25)21(19)22(15)31)13(2)12-26(27,28)23(32)33/h17-26,33H,8-16H2,1-7H3;13-22,29-31H,5-12H2,1-4H3,(H,32,33)/t17-,18+,19-,20-,21-,22?,23+,24?,25?,26-,28+,29-;13-,14-,15-,16-,17?,18+,19?,20+,21?,22-,24+,25-/m11/s1. The molecule has 0 heterocycles. The number of alkyl halides is 4. The van der Waals surface area contributed by atoms with E-state index in [2.05, 4.69) is 46.3 Å². The van der Waals surface area contributed by atoms with E-state index in [0.717, 1.165) is 77.7 Å². The van der Waals surface area contributed by atoms with Crippen LogP contribution in [0.2, 0.25) is 0 Å². The zero-order valence-corrected chi connectivity index (χ0v) is 44.4. The lowest BCUT2D eigenvalue weighted by Crippen LogP contribution is -2.65. The van der Waals surface area contributed by atoms with Crippen molar-refractivity contribution in [2.24, 2.45) is 110 Å². The molecular formula is C56H92F4O10. The van der Waals surface area contributed by atoms with Crippen LogP contribution in [0, 0.1) is 110 Å². The predicted octanol–water partition coefficient (Wildman–Crippen LogP) is 10.7. The van der Waals surface area contributed by atoms with Crippen molar-refractivity contribution in [3.63, 3.8) is 0 Å². The fourth-order valence-electron chi connectivity index (χ4n) is 19.9. The molecule has 404 valence electrons. The van der Waals surface area contributed by atoms with Gasteiger partial charge in [0.05, 0.1) is 37.6 Å². The minimum atomic E-state index is -3.78. The lowest BCUT2D eigenvalue weighted by atomic mass is 9.39. The van der Waals surface area contributed by atoms with Crippen LogP contribution in [-0.4, -0.2) is 101 Å². The SMILES string of the molecule is CC[C@H]1[C@@H](O)C2C3CC[C@H]([C@H](C)CC(F)(F)C(=O)O)[C@@]3(C)[C@@H](O)CC2[C@@]2(C)CC[C@@H](O)C[C@@H]12.CC[C@H]1[C@@H](OCOC)C2C3CC[C@H]([C@H](C)CC(F)(F)C(=O)OC)[C@@]3(C)[C@@H](C)CC2[C@@]2(C)CC[C@@H](O)C[C@@H]12. The Morgan fingerprint density at radius 1 is 0.643 bits per heavy atom. The summed E-state index contributed by atoms with van der Waals surface area (Å²) in [6.07, 6.45) is 8.85. The van der Waals surface area contributed by atoms with Crippen molar-refractivity contribution in [2.75, 3.05) is 21.0 Å². The monoisotopic (exact) mass is 1000 g/mol. The molecule has 0 amide bonds. The number of esters is 1. The molecular weight excluding hydrogens is 909 g/mol. The molecule has 10 nitrogen and oxygen atoms in total. The van der Waals surface area contributed by atoms with Gasteiger partial charge >= 0.3 is 23.8 Å². The van der Waals surface area contributed by atoms with Gasteiger partial charge in [-0.3, -0.25) is 0 Å². The summed E-state index contributed by atoms with van der Waals surface area (Å²) in [6.45, 7) is 19.6. The number of hydrogen-bond acceptors (Lipinski definition) is 9. The second-order valence-corrected chi connectivity index (χ2v) is 25.9. The van der Waals surface area contributed by atoms with Gasteiger partial charge in [0.15, 0.2) is 0 Å². The Morgan fingerprint density at radius 2 is 1.13 bits per heavy atom. The highest BCUT2D eigenvalue weighted by atomic mass is 19.3. The molecule has 8 aliphatic carbocycles. The first-order chi connectivity index (χ1) is 32.6. The van der Waals surface area contributed by atoms with Crippen molar-refractivity contribution in [3.8, 4) is 0 Å². The molecule has 0 aromatic carbocycles. The Morgan fingerprint density at radius 3 is 1.63 bits per heavy atom. The van der Waals surface area contributed by atoms with Crippen LogP contribution < -0.4 is 0 Å². The first kappa shape index (κ1) is 56.2. The fourth-order valence-corrected chi connectivity index (χ4v) is 19.9. The second-order valence-electron chi connectivity index (χ2n) is 25.9. The third-order valence-corrected chi connectivity index (χ3v) is 23.3. The highest BCUT2D eigenvalue weighted by Crippen LogP contribution is 2.73. The number of aliphatic hydroxyl groups excluding tert-OH is 4. The number of hydrogen-bond donors (Lipinski definition) is 5. The molecule has 0 aliphatic heterocycles. The van der Waals surface area contributed by atoms with Crippen LogP contribution >= 0.6 is 0 Å². The molecule has 6 unspecified atom stereocenters. The maximum absolute atomic E-state index is 14.7. The number of methoxy groups -OCH3 is 2. The molecule has 0 spiro atoms. The van der Waals surface area contributed by atoms with Gasteiger partial charge in [-0.15, -0.1) is 0 Å². The molecule has 70 heavy (non-hydrogen) atoms. The molecule has 0 bridgehead atoms. The average molecular weight is 1000 g/mol. The van der Waals surface area contributed by atoms with Crippen molar-refractivity contribution >= 4 is 11.9 Å². The molecule has 5 N–H and O–H groups in total. The number of aliphatic carboxylic acids is 1. The van der Waals surface area contributed by atoms with Crippen molar-refractivity contribution in [3.05, 3.63) is 0 Å². The fraction of sp³-hybridized carbons (Fsp3) is 0.964. The zero-order chi connectivity index (χ0) is 51.8. The van der Waals surface area contributed by atoms with Crippen LogP contribution in [0.15, 0.2) is 0 Å². The van der Waals surface area contributed by atoms with E-state index >= 15 is 0 Å². The van der Waals surface area contributed by atoms with E-state index in [1.807, 2.05) is 13.8 Å². The highest BCUT2D eigenvalue weighted by Gasteiger charge is 2.70. The van der Waals surface area contributed by atoms with Gasteiger partial charge in [0.1, 0.15) is 6.79 Å². The molecule has 8 fully saturated rings. The topological polar surface area (TPSA) is 163 Å². The van der Waals surface area contributed by atoms with Gasteiger partial charge in [-0.05, 0) is 187 Å². The van der Waals surface area contributed by atoms with Crippen LogP contribution in [0.3, 0.4) is 0 Å². The van der Waals surface area contributed by atoms with Crippen molar-refractivity contribution < 1.29 is 66.9 Å². The average Bonchev–Trinajstić information content (AvgIpc) is 3.85. The number of halogens is 4. The molecule has 0 aromatic rings. The predicted molar refractivity (Wildman–Crippen MR) is 257 cm³/mol. The third-order valence-electron chi connectivity index (χ3n) is 23.3. The van der Waals surface area contributed by atoms with E-state index in [9.17, 15) is 47.6 Å². The van der Waals surface area contributed by atoms with E-state index in [4.69, 9.17) is 14.6 Å². The maximum Gasteiger partial charge on any atom is 0.376 e. The van der Waals surface area contributed by atoms with Crippen LogP contribution in [0.1, 0.15) is 165 Å². The molecule has 0 radical (unpaired) electrons. The number of carboxylic acids is 1. The summed E-state index contributed by atoms with van der Waals surface area (Å²) in [5, 5.41) is 53.2. The van der Waals surface area contributed by atoms with Gasteiger partial charge in [-0.1, -0.05) is 75.2 Å². The van der Waals surface area contributed by atoms with E-state index < -0.39 is 60.2 Å². The molecule has 24 atom stereocenters. The Kier molecular flexibility index (Phi) is 16.5. The van der Waals surface area contributed by atoms with Crippen LogP contribution in [0.5, 0.6) is 0 Å². The summed E-state index contributed by atoms with van der Waals surface area (Å²) in [4.78, 5) is 22.8. The number of ether oxygens (including phenoxy) is 3. The molecule has 0 aromatic heterocycles. The Labute approximate surface area is 416 Å². The summed E-state index contributed by atoms with van der Waals surface area (Å²) in [5.74, 6) is -8.92. The number of carbonyl (C=O) groups is 2. The molecule has 8 aliphatic rings. The quantitative estimate of drug-likeness (QED) is 0.0682. The summed E-state index contributed by atoms with van der Waals surface area (Å²) in [5.41, 5.74) is -0.635. The first-order valence-corrected chi connectivity index (χ1v) is 27.5. The minimum absolute atomic E-state index is 0.00275. The van der Waals surface area contributed by atoms with Gasteiger partial charge in [-0.2, -0.15) is 17.6 Å². The van der Waals surface area contributed by atoms with Crippen LogP contribution in [0.4, 0.5) is 17.6 Å². The number of aliphatic hydroxyl groups is 4. The Bertz CT molecular complexity index is 1840. The zero-order valence-electron chi connectivity index (χ0n) is 44.4. The number of carbonyl (C=O) groups excluding carboxylic acids is 1. The van der Waals surface area contributed by atoms with E-state index in [1.54, 1.807) is 14.0 Å². The lowest BCUT2D eigenvalue weighted by molar-refractivity contribution is -0.243. The Balaban J connectivity index is 0.000000208. The number of carboxylic acid groups (broad SMARTS) is 1. The van der Waals surface area contributed by atoms with Gasteiger partial charge in [-0.25, -0.2) is 9.59 Å². The maximum atomic E-state index is 14.7. The van der Waals surface area contributed by atoms with Crippen molar-refractivity contribution in [1.82, 2.24) is 0 Å². The van der Waals surface area contributed by atoms with Crippen LogP contribution in [0.25, 0.3) is 0 Å². The molecule has 8 saturated carbocycles. The van der Waals surface area contributed by atoms with Crippen molar-refractivity contribution in [2.45, 2.75) is 207 Å². The largest absolute Gasteiger partial charge is 0.477 e. The number of fused-ring (bicyclic) bond motifs is 10. The highest BCUT2D eigenvalue weighted by molar-refractivity contribution is 5.77.